The molecule has 0 amide bonds. The van der Waals surface area contributed by atoms with E-state index >= 15 is 0 Å². The number of imidazole rings is 1. The molecule has 1 atom stereocenters. The Morgan fingerprint density at radius 1 is 1.29 bits per heavy atom. The van der Waals surface area contributed by atoms with E-state index < -0.39 is 0 Å². The standard InChI is InChI=1S/C14H19N3/c1-2-6-14-16-9-10-17(14)11-13(15)12-7-4-3-5-8-12/h3-5,7-10,13H,2,6,11,15H2,1H3. The monoisotopic (exact) mass is 229 g/mol. The minimum absolute atomic E-state index is 0.0287. The van der Waals surface area contributed by atoms with Crippen molar-refractivity contribution in [2.45, 2.75) is 32.4 Å². The Kier molecular flexibility index (Phi) is 3.94. The third-order valence-electron chi connectivity index (χ3n) is 2.90. The fraction of sp³-hybridized carbons (Fsp3) is 0.357. The SMILES string of the molecule is CCCc1nccn1CC(N)c1ccccc1. The summed E-state index contributed by atoms with van der Waals surface area (Å²) in [6, 6.07) is 10.2. The molecule has 90 valence electrons. The van der Waals surface area contributed by atoms with Crippen LogP contribution in [0.4, 0.5) is 0 Å². The third kappa shape index (κ3) is 2.94. The van der Waals surface area contributed by atoms with E-state index in [9.17, 15) is 0 Å². The number of nitrogens with zero attached hydrogens (tertiary/aromatic N) is 2. The van der Waals surface area contributed by atoms with Crippen LogP contribution in [0.25, 0.3) is 0 Å². The highest BCUT2D eigenvalue weighted by atomic mass is 15.1. The first-order chi connectivity index (χ1) is 8.31. The summed E-state index contributed by atoms with van der Waals surface area (Å²) in [5.41, 5.74) is 7.37. The number of hydrogen-bond donors (Lipinski definition) is 1. The van der Waals surface area contributed by atoms with Crippen LogP contribution in [0, 0.1) is 0 Å². The van der Waals surface area contributed by atoms with Gasteiger partial charge in [0.1, 0.15) is 5.82 Å². The van der Waals surface area contributed by atoms with E-state index in [0.717, 1.165) is 25.2 Å². The van der Waals surface area contributed by atoms with Crippen molar-refractivity contribution in [1.29, 1.82) is 0 Å². The zero-order chi connectivity index (χ0) is 12.1. The second kappa shape index (κ2) is 5.64. The Balaban J connectivity index is 2.08. The second-order valence-corrected chi connectivity index (χ2v) is 4.26. The van der Waals surface area contributed by atoms with Gasteiger partial charge in [-0.15, -0.1) is 0 Å². The van der Waals surface area contributed by atoms with E-state index in [-0.39, 0.29) is 6.04 Å². The molecule has 0 radical (unpaired) electrons. The summed E-state index contributed by atoms with van der Waals surface area (Å²) in [6.45, 7) is 2.95. The topological polar surface area (TPSA) is 43.8 Å². The Bertz CT molecular complexity index is 448. The van der Waals surface area contributed by atoms with Crippen LogP contribution in [0.1, 0.15) is 30.8 Å². The van der Waals surface area contributed by atoms with E-state index in [1.165, 1.54) is 5.56 Å². The highest BCUT2D eigenvalue weighted by molar-refractivity contribution is 5.18. The lowest BCUT2D eigenvalue weighted by Gasteiger charge is -2.14. The molecular formula is C14H19N3. The predicted octanol–water partition coefficient (Wildman–Crippen LogP) is 2.54. The van der Waals surface area contributed by atoms with Gasteiger partial charge in [0.25, 0.3) is 0 Å². The number of aromatic nitrogens is 2. The van der Waals surface area contributed by atoms with Gasteiger partial charge in [-0.2, -0.15) is 0 Å². The van der Waals surface area contributed by atoms with Crippen molar-refractivity contribution in [2.75, 3.05) is 0 Å². The highest BCUT2D eigenvalue weighted by Gasteiger charge is 2.08. The second-order valence-electron chi connectivity index (χ2n) is 4.26. The molecule has 1 heterocycles. The predicted molar refractivity (Wildman–Crippen MR) is 69.6 cm³/mol. The summed E-state index contributed by atoms with van der Waals surface area (Å²) in [4.78, 5) is 4.36. The van der Waals surface area contributed by atoms with Crippen molar-refractivity contribution in [3.05, 3.63) is 54.1 Å². The fourth-order valence-electron chi connectivity index (χ4n) is 1.98. The maximum absolute atomic E-state index is 6.20. The first-order valence-corrected chi connectivity index (χ1v) is 6.11. The van der Waals surface area contributed by atoms with Gasteiger partial charge in [-0.1, -0.05) is 37.3 Å². The molecule has 2 N–H and O–H groups in total. The minimum atomic E-state index is 0.0287. The van der Waals surface area contributed by atoms with Gasteiger partial charge >= 0.3 is 0 Å². The Morgan fingerprint density at radius 2 is 2.06 bits per heavy atom. The van der Waals surface area contributed by atoms with Crippen LogP contribution in [-0.4, -0.2) is 9.55 Å². The van der Waals surface area contributed by atoms with Gasteiger partial charge in [-0.3, -0.25) is 0 Å². The normalized spacial score (nSPS) is 12.6. The minimum Gasteiger partial charge on any atom is -0.333 e. The lowest BCUT2D eigenvalue weighted by Crippen LogP contribution is -2.18. The van der Waals surface area contributed by atoms with E-state index in [4.69, 9.17) is 5.73 Å². The summed E-state index contributed by atoms with van der Waals surface area (Å²) < 4.78 is 2.15. The van der Waals surface area contributed by atoms with E-state index in [2.05, 4.69) is 28.6 Å². The van der Waals surface area contributed by atoms with Gasteiger partial charge in [0.15, 0.2) is 0 Å². The number of hydrogen-bond acceptors (Lipinski definition) is 2. The van der Waals surface area contributed by atoms with E-state index in [1.807, 2.05) is 30.6 Å². The average Bonchev–Trinajstić information content (AvgIpc) is 2.78. The van der Waals surface area contributed by atoms with E-state index in [0.29, 0.717) is 0 Å². The average molecular weight is 229 g/mol. The zero-order valence-corrected chi connectivity index (χ0v) is 10.2. The smallest absolute Gasteiger partial charge is 0.108 e. The molecule has 0 saturated carbocycles. The van der Waals surface area contributed by atoms with Crippen LogP contribution < -0.4 is 5.73 Å². The molecule has 1 aromatic heterocycles. The Hall–Kier alpha value is -1.61. The number of aryl methyl sites for hydroxylation is 1. The Morgan fingerprint density at radius 3 is 2.76 bits per heavy atom. The highest BCUT2D eigenvalue weighted by Crippen LogP contribution is 2.13. The van der Waals surface area contributed by atoms with Gasteiger partial charge in [0.05, 0.1) is 0 Å². The van der Waals surface area contributed by atoms with Crippen LogP contribution >= 0.6 is 0 Å². The molecule has 0 aliphatic rings. The summed E-state index contributed by atoms with van der Waals surface area (Å²) in [7, 11) is 0. The summed E-state index contributed by atoms with van der Waals surface area (Å²) in [5.74, 6) is 1.12. The van der Waals surface area contributed by atoms with Crippen molar-refractivity contribution in [2.24, 2.45) is 5.73 Å². The molecule has 0 bridgehead atoms. The summed E-state index contributed by atoms with van der Waals surface area (Å²) in [5, 5.41) is 0. The molecule has 0 fully saturated rings. The maximum Gasteiger partial charge on any atom is 0.108 e. The fourth-order valence-corrected chi connectivity index (χ4v) is 1.98. The zero-order valence-electron chi connectivity index (χ0n) is 10.2. The van der Waals surface area contributed by atoms with Crippen molar-refractivity contribution in [3.63, 3.8) is 0 Å². The van der Waals surface area contributed by atoms with E-state index in [1.54, 1.807) is 0 Å². The molecular weight excluding hydrogens is 210 g/mol. The molecule has 2 aromatic rings. The molecule has 0 aliphatic carbocycles. The largest absolute Gasteiger partial charge is 0.333 e. The molecule has 0 aliphatic heterocycles. The van der Waals surface area contributed by atoms with Crippen molar-refractivity contribution in [1.82, 2.24) is 9.55 Å². The first kappa shape index (κ1) is 11.9. The summed E-state index contributed by atoms with van der Waals surface area (Å²) >= 11 is 0. The van der Waals surface area contributed by atoms with Crippen LogP contribution in [0.2, 0.25) is 0 Å². The molecule has 2 rings (SSSR count). The van der Waals surface area contributed by atoms with Gasteiger partial charge in [0.2, 0.25) is 0 Å². The summed E-state index contributed by atoms with van der Waals surface area (Å²) in [6.07, 6.45) is 5.97. The van der Waals surface area contributed by atoms with Crippen molar-refractivity contribution >= 4 is 0 Å². The van der Waals surface area contributed by atoms with Crippen molar-refractivity contribution in [3.8, 4) is 0 Å². The molecule has 1 unspecified atom stereocenters. The molecule has 3 nitrogen and oxygen atoms in total. The molecule has 0 saturated heterocycles. The number of benzene rings is 1. The molecule has 17 heavy (non-hydrogen) atoms. The molecule has 0 spiro atoms. The van der Waals surface area contributed by atoms with Crippen LogP contribution in [-0.2, 0) is 13.0 Å². The van der Waals surface area contributed by atoms with Gasteiger partial charge in [0, 0.05) is 31.4 Å². The third-order valence-corrected chi connectivity index (χ3v) is 2.90. The van der Waals surface area contributed by atoms with Gasteiger partial charge < -0.3 is 10.3 Å². The number of rotatable bonds is 5. The number of nitrogens with two attached hydrogens (primary N) is 1. The maximum atomic E-state index is 6.20. The Labute approximate surface area is 102 Å². The van der Waals surface area contributed by atoms with Crippen molar-refractivity contribution < 1.29 is 0 Å². The van der Waals surface area contributed by atoms with Crippen LogP contribution in [0.5, 0.6) is 0 Å². The molecule has 1 aromatic carbocycles. The lowest BCUT2D eigenvalue weighted by atomic mass is 10.1. The molecule has 3 heteroatoms. The quantitative estimate of drug-likeness (QED) is 0.856. The van der Waals surface area contributed by atoms with Gasteiger partial charge in [-0.25, -0.2) is 4.98 Å². The first-order valence-electron chi connectivity index (χ1n) is 6.11. The lowest BCUT2D eigenvalue weighted by molar-refractivity contribution is 0.552. The van der Waals surface area contributed by atoms with Gasteiger partial charge in [-0.05, 0) is 12.0 Å². The van der Waals surface area contributed by atoms with Crippen LogP contribution in [0.3, 0.4) is 0 Å². The van der Waals surface area contributed by atoms with Crippen LogP contribution in [0.15, 0.2) is 42.7 Å².